The van der Waals surface area contributed by atoms with Crippen LogP contribution in [-0.4, -0.2) is 17.4 Å². The molecule has 0 aliphatic carbocycles. The summed E-state index contributed by atoms with van der Waals surface area (Å²) in [6, 6.07) is 9.55. The van der Waals surface area contributed by atoms with Gasteiger partial charge in [0.2, 0.25) is 0 Å². The number of carbonyl (C=O) groups excluding carboxylic acids is 1. The van der Waals surface area contributed by atoms with Crippen LogP contribution in [0.25, 0.3) is 0 Å². The molecule has 0 amide bonds. The van der Waals surface area contributed by atoms with E-state index in [1.165, 1.54) is 5.56 Å². The van der Waals surface area contributed by atoms with Gasteiger partial charge in [-0.2, -0.15) is 0 Å². The number of ketones is 1. The number of rotatable bonds is 4. The molecule has 4 heteroatoms. The first-order valence-corrected chi connectivity index (χ1v) is 6.72. The van der Waals surface area contributed by atoms with Crippen molar-refractivity contribution in [1.82, 2.24) is 4.98 Å². The minimum absolute atomic E-state index is 0.0140. The molecule has 0 unspecified atom stereocenters. The van der Waals surface area contributed by atoms with E-state index < -0.39 is 0 Å². The third kappa shape index (κ3) is 2.50. The highest BCUT2D eigenvalue weighted by atomic mass is 16.5. The highest BCUT2D eigenvalue weighted by Gasteiger charge is 2.14. The highest BCUT2D eigenvalue weighted by Crippen LogP contribution is 2.26. The average Bonchev–Trinajstić information content (AvgIpc) is 2.92. The molecule has 0 atom stereocenters. The lowest BCUT2D eigenvalue weighted by molar-refractivity contribution is 0.0979. The molecule has 0 bridgehead atoms. The van der Waals surface area contributed by atoms with Crippen LogP contribution in [0.3, 0.4) is 0 Å². The number of fused-ring (bicyclic) bond motifs is 1. The minimum Gasteiger partial charge on any atom is -0.493 e. The molecule has 3 rings (SSSR count). The van der Waals surface area contributed by atoms with Crippen molar-refractivity contribution in [2.45, 2.75) is 19.3 Å². The molecule has 0 radical (unpaired) electrons. The van der Waals surface area contributed by atoms with E-state index in [9.17, 15) is 4.79 Å². The maximum absolute atomic E-state index is 12.1. The molecule has 1 aromatic heterocycles. The standard InChI is InChI=1S/C16H16N2O2/c17-13-2-1-8-18-16(13)14(19)5-3-11-4-6-15-12(10-11)7-9-20-15/h1-2,4,6,8,10H,3,5,7,9,17H2. The molecule has 0 saturated carbocycles. The van der Waals surface area contributed by atoms with Crippen molar-refractivity contribution in [2.75, 3.05) is 12.3 Å². The molecule has 0 fully saturated rings. The first-order valence-electron chi connectivity index (χ1n) is 6.72. The monoisotopic (exact) mass is 268 g/mol. The van der Waals surface area contributed by atoms with E-state index in [0.29, 0.717) is 24.2 Å². The molecule has 20 heavy (non-hydrogen) atoms. The smallest absolute Gasteiger partial charge is 0.183 e. The number of hydrogen-bond acceptors (Lipinski definition) is 4. The van der Waals surface area contributed by atoms with E-state index in [2.05, 4.69) is 11.1 Å². The Labute approximate surface area is 117 Å². The molecule has 0 spiro atoms. The van der Waals surface area contributed by atoms with Crippen LogP contribution in [0.1, 0.15) is 28.0 Å². The van der Waals surface area contributed by atoms with Gasteiger partial charge >= 0.3 is 0 Å². The Hall–Kier alpha value is -2.36. The molecule has 2 heterocycles. The van der Waals surface area contributed by atoms with E-state index in [4.69, 9.17) is 10.5 Å². The number of nitrogens with two attached hydrogens (primary N) is 1. The van der Waals surface area contributed by atoms with Crippen LogP contribution in [-0.2, 0) is 12.8 Å². The summed E-state index contributed by atoms with van der Waals surface area (Å²) in [7, 11) is 0. The molecule has 1 aliphatic rings. The topological polar surface area (TPSA) is 65.2 Å². The summed E-state index contributed by atoms with van der Waals surface area (Å²) in [5, 5.41) is 0. The summed E-state index contributed by atoms with van der Waals surface area (Å²) in [5.41, 5.74) is 8.96. The van der Waals surface area contributed by atoms with Crippen LogP contribution in [0.2, 0.25) is 0 Å². The fourth-order valence-electron chi connectivity index (χ4n) is 2.42. The van der Waals surface area contributed by atoms with Gasteiger partial charge in [0.15, 0.2) is 5.78 Å². The van der Waals surface area contributed by atoms with Gasteiger partial charge in [-0.25, -0.2) is 0 Å². The summed E-state index contributed by atoms with van der Waals surface area (Å²) < 4.78 is 5.47. The van der Waals surface area contributed by atoms with Crippen molar-refractivity contribution in [3.8, 4) is 5.75 Å². The van der Waals surface area contributed by atoms with Crippen LogP contribution in [0.4, 0.5) is 5.69 Å². The van der Waals surface area contributed by atoms with Gasteiger partial charge in [-0.05, 0) is 35.7 Å². The Morgan fingerprint density at radius 1 is 1.35 bits per heavy atom. The van der Waals surface area contributed by atoms with E-state index >= 15 is 0 Å². The van der Waals surface area contributed by atoms with Gasteiger partial charge in [-0.1, -0.05) is 12.1 Å². The molecular weight excluding hydrogens is 252 g/mol. The lowest BCUT2D eigenvalue weighted by atomic mass is 10.0. The summed E-state index contributed by atoms with van der Waals surface area (Å²) in [4.78, 5) is 16.2. The molecule has 1 aliphatic heterocycles. The second kappa shape index (κ2) is 5.33. The quantitative estimate of drug-likeness (QED) is 0.865. The Morgan fingerprint density at radius 3 is 3.10 bits per heavy atom. The Balaban J connectivity index is 1.68. The lowest BCUT2D eigenvalue weighted by Crippen LogP contribution is -2.07. The van der Waals surface area contributed by atoms with Crippen LogP contribution in [0.15, 0.2) is 36.5 Å². The average molecular weight is 268 g/mol. The van der Waals surface area contributed by atoms with E-state index in [1.807, 2.05) is 12.1 Å². The minimum atomic E-state index is -0.0140. The molecule has 0 saturated heterocycles. The maximum atomic E-state index is 12.1. The van der Waals surface area contributed by atoms with Crippen molar-refractivity contribution in [1.29, 1.82) is 0 Å². The van der Waals surface area contributed by atoms with Crippen molar-refractivity contribution in [3.63, 3.8) is 0 Å². The number of carbonyl (C=O) groups is 1. The third-order valence-electron chi connectivity index (χ3n) is 3.50. The predicted molar refractivity (Wildman–Crippen MR) is 76.9 cm³/mol. The maximum Gasteiger partial charge on any atom is 0.183 e. The van der Waals surface area contributed by atoms with Gasteiger partial charge in [0.25, 0.3) is 0 Å². The second-order valence-electron chi connectivity index (χ2n) is 4.90. The number of pyridine rings is 1. The number of aromatic nitrogens is 1. The largest absolute Gasteiger partial charge is 0.493 e. The summed E-state index contributed by atoms with van der Waals surface area (Å²) >= 11 is 0. The molecule has 2 aromatic rings. The van der Waals surface area contributed by atoms with Crippen LogP contribution >= 0.6 is 0 Å². The second-order valence-corrected chi connectivity index (χ2v) is 4.90. The number of hydrogen-bond donors (Lipinski definition) is 1. The first kappa shape index (κ1) is 12.7. The van der Waals surface area contributed by atoms with Crippen molar-refractivity contribution >= 4 is 11.5 Å². The third-order valence-corrected chi connectivity index (χ3v) is 3.50. The lowest BCUT2D eigenvalue weighted by Gasteiger charge is -2.05. The van der Waals surface area contributed by atoms with Crippen molar-refractivity contribution < 1.29 is 9.53 Å². The molecule has 4 nitrogen and oxygen atoms in total. The Morgan fingerprint density at radius 2 is 2.25 bits per heavy atom. The number of Topliss-reactive ketones (excluding diaryl/α,β-unsaturated/α-hetero) is 1. The van der Waals surface area contributed by atoms with Crippen molar-refractivity contribution in [2.24, 2.45) is 0 Å². The highest BCUT2D eigenvalue weighted by molar-refractivity contribution is 5.98. The van der Waals surface area contributed by atoms with Gasteiger partial charge < -0.3 is 10.5 Å². The number of anilines is 1. The molecule has 1 aromatic carbocycles. The summed E-state index contributed by atoms with van der Waals surface area (Å²) in [6.45, 7) is 0.752. The molecule has 2 N–H and O–H groups in total. The number of benzene rings is 1. The van der Waals surface area contributed by atoms with Crippen LogP contribution in [0, 0.1) is 0 Å². The zero-order valence-electron chi connectivity index (χ0n) is 11.1. The normalized spacial score (nSPS) is 12.8. The van der Waals surface area contributed by atoms with Crippen LogP contribution in [0.5, 0.6) is 5.75 Å². The zero-order valence-corrected chi connectivity index (χ0v) is 11.1. The molecule has 102 valence electrons. The van der Waals surface area contributed by atoms with Gasteiger partial charge in [0.1, 0.15) is 11.4 Å². The number of aryl methyl sites for hydroxylation is 1. The fraction of sp³-hybridized carbons (Fsp3) is 0.250. The summed E-state index contributed by atoms with van der Waals surface area (Å²) in [6.07, 6.45) is 3.66. The fourth-order valence-corrected chi connectivity index (χ4v) is 2.42. The molecular formula is C16H16N2O2. The van der Waals surface area contributed by atoms with E-state index in [1.54, 1.807) is 18.3 Å². The van der Waals surface area contributed by atoms with Gasteiger partial charge in [-0.3, -0.25) is 9.78 Å². The predicted octanol–water partition coefficient (Wildman–Crippen LogP) is 2.41. The number of nitrogen functional groups attached to an aromatic ring is 1. The zero-order chi connectivity index (χ0) is 13.9. The Bertz CT molecular complexity index is 653. The summed E-state index contributed by atoms with van der Waals surface area (Å²) in [5.74, 6) is 0.953. The van der Waals surface area contributed by atoms with Crippen molar-refractivity contribution in [3.05, 3.63) is 53.3 Å². The van der Waals surface area contributed by atoms with E-state index in [-0.39, 0.29) is 5.78 Å². The van der Waals surface area contributed by atoms with E-state index in [0.717, 1.165) is 24.3 Å². The Kier molecular flexibility index (Phi) is 3.37. The van der Waals surface area contributed by atoms with Crippen LogP contribution < -0.4 is 10.5 Å². The van der Waals surface area contributed by atoms with Gasteiger partial charge in [0.05, 0.1) is 12.3 Å². The number of nitrogens with zero attached hydrogens (tertiary/aromatic N) is 1. The first-order chi connectivity index (χ1) is 9.74. The number of ether oxygens (including phenoxy) is 1. The SMILES string of the molecule is Nc1cccnc1C(=O)CCc1ccc2c(c1)CCO2. The van der Waals surface area contributed by atoms with Gasteiger partial charge in [-0.15, -0.1) is 0 Å². The van der Waals surface area contributed by atoms with Gasteiger partial charge in [0, 0.05) is 19.0 Å².